The number of para-hydroxylation sites is 3. The molecule has 0 unspecified atom stereocenters. The number of rotatable bonds is 7. The van der Waals surface area contributed by atoms with E-state index in [0.717, 1.165) is 73.0 Å². The predicted molar refractivity (Wildman–Crippen MR) is 191 cm³/mol. The number of nitrogens with zero attached hydrogens (tertiary/aromatic N) is 1. The smallest absolute Gasteiger partial charge is 0.135 e. The van der Waals surface area contributed by atoms with Crippen molar-refractivity contribution in [1.82, 2.24) is 0 Å². The van der Waals surface area contributed by atoms with Gasteiger partial charge in [-0.2, -0.15) is 0 Å². The van der Waals surface area contributed by atoms with E-state index in [-0.39, 0.29) is 0 Å². The number of fused-ring (bicyclic) bond motifs is 2. The Morgan fingerprint density at radius 1 is 0.457 bits per heavy atom. The highest BCUT2D eigenvalue weighted by atomic mass is 16.3. The second-order valence-corrected chi connectivity index (χ2v) is 11.7. The molecule has 0 spiro atoms. The summed E-state index contributed by atoms with van der Waals surface area (Å²) in [6.07, 6.45) is 0. The zero-order chi connectivity index (χ0) is 31.0. The molecule has 0 bridgehead atoms. The average Bonchev–Trinajstić information content (AvgIpc) is 3.72. The molecule has 2 aromatic heterocycles. The molecule has 0 radical (unpaired) electrons. The summed E-state index contributed by atoms with van der Waals surface area (Å²) in [7, 11) is 0. The van der Waals surface area contributed by atoms with Crippen molar-refractivity contribution in [2.75, 3.05) is 10.2 Å². The van der Waals surface area contributed by atoms with Gasteiger partial charge < -0.3 is 19.1 Å². The monoisotopic (exact) mass is 596 g/mol. The van der Waals surface area contributed by atoms with Crippen LogP contribution in [0.1, 0.15) is 11.1 Å². The van der Waals surface area contributed by atoms with Gasteiger partial charge in [0.1, 0.15) is 22.7 Å². The third kappa shape index (κ3) is 5.20. The van der Waals surface area contributed by atoms with Gasteiger partial charge >= 0.3 is 0 Å². The van der Waals surface area contributed by atoms with Crippen molar-refractivity contribution in [3.8, 4) is 22.6 Å². The number of anilines is 5. The van der Waals surface area contributed by atoms with Crippen molar-refractivity contribution in [2.45, 2.75) is 13.8 Å². The van der Waals surface area contributed by atoms with Gasteiger partial charge in [-0.25, -0.2) is 0 Å². The van der Waals surface area contributed by atoms with E-state index in [0.29, 0.717) is 0 Å². The molecule has 0 fully saturated rings. The number of aryl methyl sites for hydroxylation is 2. The topological polar surface area (TPSA) is 41.5 Å². The Morgan fingerprint density at radius 2 is 0.935 bits per heavy atom. The van der Waals surface area contributed by atoms with Gasteiger partial charge in [-0.15, -0.1) is 0 Å². The van der Waals surface area contributed by atoms with E-state index >= 15 is 0 Å². The maximum absolute atomic E-state index is 6.27. The van der Waals surface area contributed by atoms with Crippen LogP contribution in [0.4, 0.5) is 28.4 Å². The van der Waals surface area contributed by atoms with Crippen molar-refractivity contribution < 1.29 is 8.83 Å². The lowest BCUT2D eigenvalue weighted by Crippen LogP contribution is -2.10. The lowest BCUT2D eigenvalue weighted by atomic mass is 10.1. The molecule has 8 aromatic rings. The molecule has 6 aromatic carbocycles. The fourth-order valence-corrected chi connectivity index (χ4v) is 6.17. The standard InChI is InChI=1S/C42H32N2O2/c1-28-11-7-12-29(2)42(28)43-34-17-10-20-37(27-34)44(35-18-8-15-30(23-35)40-25-32-13-3-5-21-38(32)45-40)36-19-9-16-31(24-36)41-26-33-14-4-6-22-39(33)46-41/h3-27,43H,1-2H3. The Labute approximate surface area is 268 Å². The minimum atomic E-state index is 0.837. The molecule has 0 atom stereocenters. The number of hydrogen-bond donors (Lipinski definition) is 1. The molecule has 0 saturated heterocycles. The third-order valence-corrected chi connectivity index (χ3v) is 8.48. The van der Waals surface area contributed by atoms with Crippen LogP contribution in [-0.4, -0.2) is 0 Å². The highest BCUT2D eigenvalue weighted by Gasteiger charge is 2.17. The molecule has 1 N–H and O–H groups in total. The van der Waals surface area contributed by atoms with Crippen molar-refractivity contribution in [2.24, 2.45) is 0 Å². The predicted octanol–water partition coefficient (Wildman–Crippen LogP) is 12.3. The Bertz CT molecular complexity index is 2140. The molecular formula is C42H32N2O2. The van der Waals surface area contributed by atoms with Crippen LogP contribution in [0, 0.1) is 13.8 Å². The van der Waals surface area contributed by atoms with Gasteiger partial charge in [0, 0.05) is 50.3 Å². The highest BCUT2D eigenvalue weighted by Crippen LogP contribution is 2.40. The van der Waals surface area contributed by atoms with Crippen LogP contribution in [0.15, 0.2) is 160 Å². The Hall–Kier alpha value is -6.00. The molecule has 4 nitrogen and oxygen atoms in total. The van der Waals surface area contributed by atoms with E-state index in [4.69, 9.17) is 8.83 Å². The Balaban J connectivity index is 1.25. The number of benzene rings is 6. The molecule has 0 aliphatic rings. The zero-order valence-corrected chi connectivity index (χ0v) is 25.7. The van der Waals surface area contributed by atoms with E-state index in [1.165, 1.54) is 11.1 Å². The lowest BCUT2D eigenvalue weighted by molar-refractivity contribution is 0.631. The lowest BCUT2D eigenvalue weighted by Gasteiger charge is -2.27. The fraction of sp³-hybridized carbons (Fsp3) is 0.0476. The van der Waals surface area contributed by atoms with E-state index < -0.39 is 0 Å². The fourth-order valence-electron chi connectivity index (χ4n) is 6.17. The summed E-state index contributed by atoms with van der Waals surface area (Å²) in [6.45, 7) is 4.28. The number of nitrogens with one attached hydrogen (secondary N) is 1. The minimum absolute atomic E-state index is 0.837. The summed E-state index contributed by atoms with van der Waals surface area (Å²) in [5.74, 6) is 1.67. The molecule has 4 heteroatoms. The summed E-state index contributed by atoms with van der Waals surface area (Å²) in [6, 6.07) is 52.5. The zero-order valence-electron chi connectivity index (χ0n) is 25.7. The van der Waals surface area contributed by atoms with Crippen molar-refractivity contribution in [3.63, 3.8) is 0 Å². The van der Waals surface area contributed by atoms with Crippen molar-refractivity contribution in [3.05, 3.63) is 163 Å². The quantitative estimate of drug-likeness (QED) is 0.199. The molecule has 0 aliphatic carbocycles. The van der Waals surface area contributed by atoms with Gasteiger partial charge in [0.2, 0.25) is 0 Å². The van der Waals surface area contributed by atoms with Crippen LogP contribution in [0.25, 0.3) is 44.6 Å². The van der Waals surface area contributed by atoms with Gasteiger partial charge in [-0.05, 0) is 91.7 Å². The van der Waals surface area contributed by atoms with Crippen LogP contribution in [-0.2, 0) is 0 Å². The first kappa shape index (κ1) is 27.5. The molecule has 2 heterocycles. The van der Waals surface area contributed by atoms with Crippen LogP contribution in [0.2, 0.25) is 0 Å². The molecule has 0 aliphatic heterocycles. The summed E-state index contributed by atoms with van der Waals surface area (Å²) in [5.41, 5.74) is 11.4. The number of hydrogen-bond acceptors (Lipinski definition) is 4. The maximum atomic E-state index is 6.27. The minimum Gasteiger partial charge on any atom is -0.456 e. The summed E-state index contributed by atoms with van der Waals surface area (Å²) in [4.78, 5) is 2.29. The Kier molecular flexibility index (Phi) is 6.88. The van der Waals surface area contributed by atoms with Gasteiger partial charge in [0.05, 0.1) is 0 Å². The van der Waals surface area contributed by atoms with Crippen LogP contribution in [0.3, 0.4) is 0 Å². The largest absolute Gasteiger partial charge is 0.456 e. The van der Waals surface area contributed by atoms with E-state index in [2.05, 4.69) is 139 Å². The van der Waals surface area contributed by atoms with E-state index in [1.807, 2.05) is 36.4 Å². The first-order chi connectivity index (χ1) is 22.6. The summed E-state index contributed by atoms with van der Waals surface area (Å²) >= 11 is 0. The van der Waals surface area contributed by atoms with Gasteiger partial charge in [-0.1, -0.05) is 84.9 Å². The SMILES string of the molecule is Cc1cccc(C)c1Nc1cccc(N(c2cccc(-c3cc4ccccc4o3)c2)c2cccc(-c3cc4ccccc4o3)c2)c1. The van der Waals surface area contributed by atoms with Crippen LogP contribution < -0.4 is 10.2 Å². The summed E-state index contributed by atoms with van der Waals surface area (Å²) in [5, 5.41) is 5.86. The van der Waals surface area contributed by atoms with Gasteiger partial charge in [0.15, 0.2) is 0 Å². The average molecular weight is 597 g/mol. The molecular weight excluding hydrogens is 564 g/mol. The second-order valence-electron chi connectivity index (χ2n) is 11.7. The first-order valence-corrected chi connectivity index (χ1v) is 15.5. The molecule has 0 amide bonds. The third-order valence-electron chi connectivity index (χ3n) is 8.48. The van der Waals surface area contributed by atoms with Crippen LogP contribution >= 0.6 is 0 Å². The van der Waals surface area contributed by atoms with E-state index in [1.54, 1.807) is 0 Å². The Morgan fingerprint density at radius 3 is 1.48 bits per heavy atom. The molecule has 222 valence electrons. The highest BCUT2D eigenvalue weighted by molar-refractivity contribution is 5.87. The van der Waals surface area contributed by atoms with Crippen molar-refractivity contribution in [1.29, 1.82) is 0 Å². The van der Waals surface area contributed by atoms with Crippen molar-refractivity contribution >= 4 is 50.4 Å². The molecule has 8 rings (SSSR count). The van der Waals surface area contributed by atoms with E-state index in [9.17, 15) is 0 Å². The molecule has 0 saturated carbocycles. The van der Waals surface area contributed by atoms with Gasteiger partial charge in [-0.3, -0.25) is 0 Å². The summed E-state index contributed by atoms with van der Waals surface area (Å²) < 4.78 is 12.5. The normalized spacial score (nSPS) is 11.3. The molecule has 46 heavy (non-hydrogen) atoms. The van der Waals surface area contributed by atoms with Gasteiger partial charge in [0.25, 0.3) is 0 Å². The first-order valence-electron chi connectivity index (χ1n) is 15.5. The maximum Gasteiger partial charge on any atom is 0.135 e. The second kappa shape index (κ2) is 11.5. The van der Waals surface area contributed by atoms with Crippen LogP contribution in [0.5, 0.6) is 0 Å². The number of furan rings is 2.